The summed E-state index contributed by atoms with van der Waals surface area (Å²) in [5.41, 5.74) is 1.25. The van der Waals surface area contributed by atoms with Crippen molar-refractivity contribution in [1.82, 2.24) is 10.2 Å². The quantitative estimate of drug-likeness (QED) is 0.828. The first-order chi connectivity index (χ1) is 9.85. The van der Waals surface area contributed by atoms with Crippen LogP contribution in [0.25, 0.3) is 0 Å². The first-order valence-corrected chi connectivity index (χ1v) is 7.51. The van der Waals surface area contributed by atoms with Gasteiger partial charge >= 0.3 is 0 Å². The Morgan fingerprint density at radius 2 is 2.05 bits per heavy atom. The Labute approximate surface area is 122 Å². The summed E-state index contributed by atoms with van der Waals surface area (Å²) in [5.74, 6) is 0.967. The first kappa shape index (κ1) is 15.3. The molecule has 0 bridgehead atoms. The Hall–Kier alpha value is -1.10. The number of nitrogens with one attached hydrogen (secondary N) is 1. The third kappa shape index (κ3) is 4.20. The molecule has 0 saturated carbocycles. The van der Waals surface area contributed by atoms with Crippen LogP contribution in [0.2, 0.25) is 0 Å². The highest BCUT2D eigenvalue weighted by Crippen LogP contribution is 2.25. The van der Waals surface area contributed by atoms with Crippen molar-refractivity contribution < 1.29 is 9.47 Å². The molecule has 0 aliphatic carbocycles. The lowest BCUT2D eigenvalue weighted by molar-refractivity contribution is 0.0333. The van der Waals surface area contributed by atoms with Crippen LogP contribution in [0.4, 0.5) is 0 Å². The van der Waals surface area contributed by atoms with Crippen LogP contribution >= 0.6 is 0 Å². The summed E-state index contributed by atoms with van der Waals surface area (Å²) in [7, 11) is 1.74. The second-order valence-electron chi connectivity index (χ2n) is 5.16. The molecule has 1 fully saturated rings. The van der Waals surface area contributed by atoms with Gasteiger partial charge in [-0.3, -0.25) is 4.90 Å². The highest BCUT2D eigenvalue weighted by Gasteiger charge is 2.20. The minimum absolute atomic E-state index is 0.309. The van der Waals surface area contributed by atoms with Crippen LogP contribution in [0, 0.1) is 0 Å². The van der Waals surface area contributed by atoms with Gasteiger partial charge in [-0.15, -0.1) is 0 Å². The fourth-order valence-electron chi connectivity index (χ4n) is 2.59. The lowest BCUT2D eigenvalue weighted by atomic mass is 10.0. The van der Waals surface area contributed by atoms with E-state index in [0.717, 1.165) is 51.6 Å². The lowest BCUT2D eigenvalue weighted by Gasteiger charge is -2.31. The van der Waals surface area contributed by atoms with Gasteiger partial charge in [0, 0.05) is 31.2 Å². The van der Waals surface area contributed by atoms with Crippen LogP contribution in [0.3, 0.4) is 0 Å². The zero-order chi connectivity index (χ0) is 14.2. The van der Waals surface area contributed by atoms with Crippen molar-refractivity contribution in [2.75, 3.05) is 46.5 Å². The molecule has 1 aromatic rings. The number of ether oxygens (including phenoxy) is 2. The second-order valence-corrected chi connectivity index (χ2v) is 5.16. The average molecular weight is 278 g/mol. The topological polar surface area (TPSA) is 33.7 Å². The maximum atomic E-state index is 5.51. The summed E-state index contributed by atoms with van der Waals surface area (Å²) in [4.78, 5) is 2.46. The highest BCUT2D eigenvalue weighted by atomic mass is 16.5. The molecule has 4 heteroatoms. The smallest absolute Gasteiger partial charge is 0.123 e. The molecule has 1 aromatic carbocycles. The van der Waals surface area contributed by atoms with Crippen molar-refractivity contribution in [3.05, 3.63) is 29.8 Å². The van der Waals surface area contributed by atoms with E-state index in [0.29, 0.717) is 6.04 Å². The molecule has 0 amide bonds. The number of hydrogen-bond donors (Lipinski definition) is 1. The molecule has 112 valence electrons. The first-order valence-electron chi connectivity index (χ1n) is 7.51. The summed E-state index contributed by atoms with van der Waals surface area (Å²) >= 11 is 0. The molecular weight excluding hydrogens is 252 g/mol. The fraction of sp³-hybridized carbons (Fsp3) is 0.625. The van der Waals surface area contributed by atoms with Crippen molar-refractivity contribution in [2.45, 2.75) is 19.4 Å². The number of methoxy groups -OCH3 is 1. The molecule has 0 aromatic heterocycles. The van der Waals surface area contributed by atoms with Crippen LogP contribution in [0.5, 0.6) is 5.75 Å². The summed E-state index contributed by atoms with van der Waals surface area (Å²) in [6.07, 6.45) is 1.13. The Balaban J connectivity index is 2.08. The van der Waals surface area contributed by atoms with E-state index in [4.69, 9.17) is 9.47 Å². The molecule has 1 aliphatic heterocycles. The van der Waals surface area contributed by atoms with Gasteiger partial charge < -0.3 is 14.8 Å². The fourth-order valence-corrected chi connectivity index (χ4v) is 2.59. The van der Waals surface area contributed by atoms with Gasteiger partial charge in [0.1, 0.15) is 5.75 Å². The third-order valence-electron chi connectivity index (χ3n) is 3.70. The molecule has 1 atom stereocenters. The van der Waals surface area contributed by atoms with Crippen LogP contribution < -0.4 is 10.1 Å². The molecule has 1 heterocycles. The SMILES string of the molecule is CCCNC(CN1CCOCC1)c1ccccc1OC. The second kappa shape index (κ2) is 8.25. The highest BCUT2D eigenvalue weighted by molar-refractivity contribution is 5.36. The van der Waals surface area contributed by atoms with Gasteiger partial charge in [0.25, 0.3) is 0 Å². The van der Waals surface area contributed by atoms with Crippen LogP contribution in [0.1, 0.15) is 24.9 Å². The molecule has 0 radical (unpaired) electrons. The molecular formula is C16H26N2O2. The summed E-state index contributed by atoms with van der Waals surface area (Å²) < 4.78 is 10.9. The molecule has 1 N–H and O–H groups in total. The van der Waals surface area contributed by atoms with E-state index in [1.165, 1.54) is 5.56 Å². The van der Waals surface area contributed by atoms with Crippen molar-refractivity contribution in [3.8, 4) is 5.75 Å². The van der Waals surface area contributed by atoms with E-state index in [1.807, 2.05) is 12.1 Å². The van der Waals surface area contributed by atoms with E-state index in [9.17, 15) is 0 Å². The normalized spacial score (nSPS) is 17.9. The van der Waals surface area contributed by atoms with Gasteiger partial charge in [0.05, 0.1) is 20.3 Å². The van der Waals surface area contributed by atoms with Crippen LogP contribution in [0.15, 0.2) is 24.3 Å². The maximum Gasteiger partial charge on any atom is 0.123 e. The van der Waals surface area contributed by atoms with Crippen molar-refractivity contribution in [2.24, 2.45) is 0 Å². The van der Waals surface area contributed by atoms with E-state index in [1.54, 1.807) is 7.11 Å². The van der Waals surface area contributed by atoms with Gasteiger partial charge in [-0.1, -0.05) is 25.1 Å². The maximum absolute atomic E-state index is 5.51. The zero-order valence-corrected chi connectivity index (χ0v) is 12.6. The monoisotopic (exact) mass is 278 g/mol. The Morgan fingerprint density at radius 3 is 2.75 bits per heavy atom. The summed E-state index contributed by atoms with van der Waals surface area (Å²) in [5, 5.41) is 3.65. The number of morpholine rings is 1. The van der Waals surface area contributed by atoms with Crippen LogP contribution in [-0.2, 0) is 4.74 Å². The number of benzene rings is 1. The Kier molecular flexibility index (Phi) is 6.30. The van der Waals surface area contributed by atoms with Gasteiger partial charge in [-0.25, -0.2) is 0 Å². The lowest BCUT2D eigenvalue weighted by Crippen LogP contribution is -2.42. The molecule has 1 unspecified atom stereocenters. The third-order valence-corrected chi connectivity index (χ3v) is 3.70. The van der Waals surface area contributed by atoms with Crippen LogP contribution in [-0.4, -0.2) is 51.4 Å². The molecule has 4 nitrogen and oxygen atoms in total. The predicted molar refractivity (Wildman–Crippen MR) is 81.3 cm³/mol. The van der Waals surface area contributed by atoms with Crippen molar-refractivity contribution in [3.63, 3.8) is 0 Å². The van der Waals surface area contributed by atoms with Gasteiger partial charge in [-0.05, 0) is 19.0 Å². The van der Waals surface area contributed by atoms with E-state index in [2.05, 4.69) is 29.3 Å². The molecule has 1 saturated heterocycles. The number of hydrogen-bond acceptors (Lipinski definition) is 4. The molecule has 2 rings (SSSR count). The number of para-hydroxylation sites is 1. The van der Waals surface area contributed by atoms with Gasteiger partial charge in [0.2, 0.25) is 0 Å². The van der Waals surface area contributed by atoms with E-state index in [-0.39, 0.29) is 0 Å². The minimum atomic E-state index is 0.309. The summed E-state index contributed by atoms with van der Waals surface area (Å²) in [6, 6.07) is 8.61. The van der Waals surface area contributed by atoms with Gasteiger partial charge in [-0.2, -0.15) is 0 Å². The largest absolute Gasteiger partial charge is 0.496 e. The molecule has 1 aliphatic rings. The van der Waals surface area contributed by atoms with Crippen molar-refractivity contribution in [1.29, 1.82) is 0 Å². The van der Waals surface area contributed by atoms with Gasteiger partial charge in [0.15, 0.2) is 0 Å². The minimum Gasteiger partial charge on any atom is -0.496 e. The van der Waals surface area contributed by atoms with E-state index >= 15 is 0 Å². The Morgan fingerprint density at radius 1 is 1.30 bits per heavy atom. The number of rotatable bonds is 7. The molecule has 20 heavy (non-hydrogen) atoms. The summed E-state index contributed by atoms with van der Waals surface area (Å²) in [6.45, 7) is 7.93. The average Bonchev–Trinajstić information content (AvgIpc) is 2.52. The van der Waals surface area contributed by atoms with Crippen molar-refractivity contribution >= 4 is 0 Å². The Bertz CT molecular complexity index is 392. The zero-order valence-electron chi connectivity index (χ0n) is 12.6. The molecule has 0 spiro atoms. The predicted octanol–water partition coefficient (Wildman–Crippen LogP) is 2.07. The standard InChI is InChI=1S/C16H26N2O2/c1-3-8-17-15(13-18-9-11-20-12-10-18)14-6-4-5-7-16(14)19-2/h4-7,15,17H,3,8-13H2,1-2H3. The number of nitrogens with zero attached hydrogens (tertiary/aromatic N) is 1. The van der Waals surface area contributed by atoms with E-state index < -0.39 is 0 Å².